The highest BCUT2D eigenvalue weighted by molar-refractivity contribution is 5.68. The maximum absolute atomic E-state index is 13.4. The van der Waals surface area contributed by atoms with Gasteiger partial charge in [-0.05, 0) is 36.5 Å². The fourth-order valence-electron chi connectivity index (χ4n) is 5.20. The number of nitrogens with zero attached hydrogens (tertiary/aromatic N) is 4. The van der Waals surface area contributed by atoms with E-state index in [1.54, 1.807) is 4.90 Å². The molecule has 1 aromatic rings. The molecule has 4 atom stereocenters. The van der Waals surface area contributed by atoms with E-state index in [4.69, 9.17) is 0 Å². The predicted octanol–water partition coefficient (Wildman–Crippen LogP) is 3.28. The fraction of sp³-hybridized carbons (Fsp3) is 0.737. The SMILES string of the molecule is CC(C)C12CN(c3cc(C(F)(F)F)nc(N4CC[C@@H]4C)n3)CC1C2CC(=O)O. The van der Waals surface area contributed by atoms with Gasteiger partial charge in [0.2, 0.25) is 5.95 Å². The topological polar surface area (TPSA) is 69.6 Å². The van der Waals surface area contributed by atoms with E-state index in [0.717, 1.165) is 12.5 Å². The molecule has 0 aromatic carbocycles. The standard InChI is InChI=1S/C19H25F3N4O2/c1-10(2)18-9-25(8-13(18)12(18)6-16(27)28)15-7-14(19(20,21)22)23-17(24-15)26-5-4-11(26)3/h7,10-13H,4-6,8-9H2,1-3H3,(H,27,28)/t11-,12?,13?,18?/m0/s1. The van der Waals surface area contributed by atoms with Crippen molar-refractivity contribution < 1.29 is 23.1 Å². The molecule has 1 aromatic heterocycles. The molecule has 0 amide bonds. The summed E-state index contributed by atoms with van der Waals surface area (Å²) in [4.78, 5) is 23.1. The number of hydrogen-bond acceptors (Lipinski definition) is 5. The number of fused-ring (bicyclic) bond motifs is 1. The first kappa shape index (κ1) is 19.3. The van der Waals surface area contributed by atoms with Crippen LogP contribution in [0.2, 0.25) is 0 Å². The zero-order valence-electron chi connectivity index (χ0n) is 16.2. The summed E-state index contributed by atoms with van der Waals surface area (Å²) in [6, 6.07) is 1.16. The molecule has 28 heavy (non-hydrogen) atoms. The highest BCUT2D eigenvalue weighted by atomic mass is 19.4. The number of halogens is 3. The van der Waals surface area contributed by atoms with Crippen LogP contribution in [0.1, 0.15) is 39.3 Å². The third-order valence-corrected chi connectivity index (χ3v) is 7.00. The van der Waals surface area contributed by atoms with Crippen molar-refractivity contribution in [1.82, 2.24) is 9.97 Å². The van der Waals surface area contributed by atoms with E-state index in [2.05, 4.69) is 23.8 Å². The molecule has 3 fully saturated rings. The number of carboxylic acid groups (broad SMARTS) is 1. The molecule has 2 saturated heterocycles. The van der Waals surface area contributed by atoms with Crippen LogP contribution in [0, 0.1) is 23.2 Å². The van der Waals surface area contributed by atoms with Crippen LogP contribution >= 0.6 is 0 Å². The van der Waals surface area contributed by atoms with Crippen molar-refractivity contribution in [3.8, 4) is 0 Å². The zero-order valence-corrected chi connectivity index (χ0v) is 16.2. The van der Waals surface area contributed by atoms with Gasteiger partial charge in [-0.2, -0.15) is 18.2 Å². The monoisotopic (exact) mass is 398 g/mol. The van der Waals surface area contributed by atoms with Gasteiger partial charge < -0.3 is 14.9 Å². The lowest BCUT2D eigenvalue weighted by Gasteiger charge is -2.39. The van der Waals surface area contributed by atoms with Crippen molar-refractivity contribution in [2.45, 2.75) is 45.8 Å². The quantitative estimate of drug-likeness (QED) is 0.821. The van der Waals surface area contributed by atoms with Crippen LogP contribution in [0.15, 0.2) is 6.07 Å². The molecular weight excluding hydrogens is 373 g/mol. The average molecular weight is 398 g/mol. The minimum atomic E-state index is -4.54. The second kappa shape index (κ2) is 6.22. The maximum atomic E-state index is 13.4. The van der Waals surface area contributed by atoms with Crippen molar-refractivity contribution in [3.05, 3.63) is 11.8 Å². The van der Waals surface area contributed by atoms with Crippen molar-refractivity contribution in [3.63, 3.8) is 0 Å². The van der Waals surface area contributed by atoms with E-state index in [1.165, 1.54) is 0 Å². The lowest BCUT2D eigenvalue weighted by atomic mass is 9.88. The number of aromatic nitrogens is 2. The average Bonchev–Trinajstić information content (AvgIpc) is 2.99. The van der Waals surface area contributed by atoms with Gasteiger partial charge in [0.05, 0.1) is 0 Å². The van der Waals surface area contributed by atoms with E-state index >= 15 is 0 Å². The Labute approximate surface area is 161 Å². The number of hydrogen-bond donors (Lipinski definition) is 1. The van der Waals surface area contributed by atoms with E-state index < -0.39 is 17.8 Å². The minimum absolute atomic E-state index is 0.0834. The van der Waals surface area contributed by atoms with Gasteiger partial charge in [-0.1, -0.05) is 13.8 Å². The number of anilines is 2. The van der Waals surface area contributed by atoms with Crippen LogP contribution in [0.25, 0.3) is 0 Å². The smallest absolute Gasteiger partial charge is 0.433 e. The van der Waals surface area contributed by atoms with Gasteiger partial charge >= 0.3 is 12.1 Å². The molecule has 154 valence electrons. The first-order valence-corrected chi connectivity index (χ1v) is 9.73. The zero-order chi connectivity index (χ0) is 20.4. The Hall–Kier alpha value is -2.06. The van der Waals surface area contributed by atoms with Crippen molar-refractivity contribution in [2.75, 3.05) is 29.4 Å². The molecule has 1 aliphatic carbocycles. The molecule has 1 N–H and O–H groups in total. The predicted molar refractivity (Wildman–Crippen MR) is 97.2 cm³/mol. The van der Waals surface area contributed by atoms with Crippen LogP contribution < -0.4 is 9.80 Å². The Balaban J connectivity index is 1.63. The van der Waals surface area contributed by atoms with E-state index in [0.29, 0.717) is 19.6 Å². The second-order valence-electron chi connectivity index (χ2n) is 8.70. The van der Waals surface area contributed by atoms with Crippen LogP contribution in [0.3, 0.4) is 0 Å². The third kappa shape index (κ3) is 2.90. The molecule has 2 aliphatic heterocycles. The van der Waals surface area contributed by atoms with Gasteiger partial charge in [0.15, 0.2) is 5.69 Å². The van der Waals surface area contributed by atoms with Gasteiger partial charge in [0, 0.05) is 38.2 Å². The lowest BCUT2D eigenvalue weighted by molar-refractivity contribution is -0.141. The van der Waals surface area contributed by atoms with Gasteiger partial charge in [-0.25, -0.2) is 4.98 Å². The van der Waals surface area contributed by atoms with Crippen LogP contribution in [0.4, 0.5) is 24.9 Å². The summed E-state index contributed by atoms with van der Waals surface area (Å²) in [5, 5.41) is 9.18. The Morgan fingerprint density at radius 3 is 2.57 bits per heavy atom. The first-order chi connectivity index (χ1) is 13.0. The molecule has 0 spiro atoms. The molecule has 0 radical (unpaired) electrons. The van der Waals surface area contributed by atoms with Gasteiger partial charge in [-0.3, -0.25) is 4.79 Å². The van der Waals surface area contributed by atoms with Crippen LogP contribution in [0.5, 0.6) is 0 Å². The largest absolute Gasteiger partial charge is 0.481 e. The molecule has 9 heteroatoms. The molecule has 3 unspecified atom stereocenters. The number of aliphatic carboxylic acids is 1. The summed E-state index contributed by atoms with van der Waals surface area (Å²) in [7, 11) is 0. The Kier molecular flexibility index (Phi) is 4.28. The molecule has 3 heterocycles. The molecule has 4 rings (SSSR count). The molecule has 1 saturated carbocycles. The van der Waals surface area contributed by atoms with Gasteiger partial charge in [0.25, 0.3) is 0 Å². The van der Waals surface area contributed by atoms with Crippen LogP contribution in [-0.4, -0.2) is 46.7 Å². The van der Waals surface area contributed by atoms with Crippen LogP contribution in [-0.2, 0) is 11.0 Å². The number of carboxylic acids is 1. The summed E-state index contributed by atoms with van der Waals surface area (Å²) in [5.74, 6) is 0.119. The van der Waals surface area contributed by atoms with Gasteiger partial charge in [0.1, 0.15) is 5.82 Å². The number of carbonyl (C=O) groups is 1. The van der Waals surface area contributed by atoms with Crippen molar-refractivity contribution in [2.24, 2.45) is 23.2 Å². The van der Waals surface area contributed by atoms with Gasteiger partial charge in [-0.15, -0.1) is 0 Å². The molecule has 6 nitrogen and oxygen atoms in total. The summed E-state index contributed by atoms with van der Waals surface area (Å²) >= 11 is 0. The number of rotatable bonds is 5. The fourth-order valence-corrected chi connectivity index (χ4v) is 5.20. The summed E-state index contributed by atoms with van der Waals surface area (Å²) in [6.45, 7) is 7.80. The maximum Gasteiger partial charge on any atom is 0.433 e. The normalized spacial score (nSPS) is 31.8. The molecule has 3 aliphatic rings. The Bertz CT molecular complexity index is 800. The van der Waals surface area contributed by atoms with Crippen molar-refractivity contribution in [1.29, 1.82) is 0 Å². The highest BCUT2D eigenvalue weighted by Crippen LogP contribution is 2.68. The van der Waals surface area contributed by atoms with E-state index in [9.17, 15) is 23.1 Å². The van der Waals surface area contributed by atoms with Crippen molar-refractivity contribution >= 4 is 17.7 Å². The Morgan fingerprint density at radius 2 is 2.11 bits per heavy atom. The lowest BCUT2D eigenvalue weighted by Crippen LogP contribution is -2.47. The number of alkyl halides is 3. The third-order valence-electron chi connectivity index (χ3n) is 7.00. The summed E-state index contributed by atoms with van der Waals surface area (Å²) < 4.78 is 40.3. The van der Waals surface area contributed by atoms with E-state index in [-0.39, 0.29) is 47.4 Å². The van der Waals surface area contributed by atoms with E-state index in [1.807, 2.05) is 11.8 Å². The molecular formula is C19H25F3N4O2. The summed E-state index contributed by atoms with van der Waals surface area (Å²) in [6.07, 6.45) is -3.51. The molecule has 0 bridgehead atoms. The number of piperidine rings is 1. The Morgan fingerprint density at radius 1 is 1.39 bits per heavy atom. The first-order valence-electron chi connectivity index (χ1n) is 9.73. The second-order valence-corrected chi connectivity index (χ2v) is 8.70. The highest BCUT2D eigenvalue weighted by Gasteiger charge is 2.70. The summed E-state index contributed by atoms with van der Waals surface area (Å²) in [5.41, 5.74) is -1.08. The minimum Gasteiger partial charge on any atom is -0.481 e.